The van der Waals surface area contributed by atoms with Crippen LogP contribution in [0.1, 0.15) is 34.3 Å². The van der Waals surface area contributed by atoms with Crippen molar-refractivity contribution in [3.05, 3.63) is 64.7 Å². The van der Waals surface area contributed by atoms with Gasteiger partial charge in [-0.15, -0.1) is 11.3 Å². The molecule has 0 radical (unpaired) electrons. The molecule has 31 heavy (non-hydrogen) atoms. The van der Waals surface area contributed by atoms with Gasteiger partial charge in [-0.2, -0.15) is 0 Å². The lowest BCUT2D eigenvalue weighted by atomic mass is 10.2. The van der Waals surface area contributed by atoms with Crippen LogP contribution < -0.4 is 10.2 Å². The highest BCUT2D eigenvalue weighted by Gasteiger charge is 2.22. The number of nitrogens with one attached hydrogen (secondary N) is 1. The first-order valence-electron chi connectivity index (χ1n) is 9.72. The predicted molar refractivity (Wildman–Crippen MR) is 118 cm³/mol. The predicted octanol–water partition coefficient (Wildman–Crippen LogP) is 5.03. The normalized spacial score (nSPS) is 12.4. The molecular formula is C21H20ClFN4O3S. The lowest BCUT2D eigenvalue weighted by molar-refractivity contribution is 0.0519. The molecule has 3 aromatic rings. The van der Waals surface area contributed by atoms with E-state index in [0.29, 0.717) is 24.6 Å². The third-order valence-corrected chi connectivity index (χ3v) is 5.83. The van der Waals surface area contributed by atoms with Crippen molar-refractivity contribution in [1.82, 2.24) is 14.1 Å². The van der Waals surface area contributed by atoms with Gasteiger partial charge in [0, 0.05) is 34.6 Å². The Hall–Kier alpha value is -3.04. The van der Waals surface area contributed by atoms with E-state index in [2.05, 4.69) is 10.4 Å². The molecule has 0 spiro atoms. The van der Waals surface area contributed by atoms with Crippen LogP contribution in [0, 0.1) is 5.82 Å². The first kappa shape index (κ1) is 21.2. The Bertz CT molecular complexity index is 1110. The summed E-state index contributed by atoms with van der Waals surface area (Å²) >= 11 is 7.42. The number of anilines is 1. The quantitative estimate of drug-likeness (QED) is 0.288. The molecule has 0 aliphatic carbocycles. The number of halogens is 2. The van der Waals surface area contributed by atoms with Crippen LogP contribution in [0.25, 0.3) is 11.2 Å². The van der Waals surface area contributed by atoms with Crippen LogP contribution in [0.3, 0.4) is 0 Å². The smallest absolute Gasteiger partial charge is 0.358 e. The molecule has 7 nitrogen and oxygen atoms in total. The monoisotopic (exact) mass is 462 g/mol. The summed E-state index contributed by atoms with van der Waals surface area (Å²) < 4.78 is 27.6. The van der Waals surface area contributed by atoms with Crippen molar-refractivity contribution in [1.29, 1.82) is 0 Å². The zero-order chi connectivity index (χ0) is 21.8. The molecule has 1 aliphatic rings. The number of rotatable bonds is 8. The van der Waals surface area contributed by atoms with Gasteiger partial charge >= 0.3 is 5.97 Å². The van der Waals surface area contributed by atoms with Gasteiger partial charge in [0.05, 0.1) is 13.2 Å². The Morgan fingerprint density at radius 2 is 2.16 bits per heavy atom. The lowest BCUT2D eigenvalue weighted by Gasteiger charge is -2.19. The molecular weight excluding hydrogens is 443 g/mol. The number of aromatic nitrogens is 2. The molecule has 0 amide bonds. The Balaban J connectivity index is 1.52. The second kappa shape index (κ2) is 9.40. The van der Waals surface area contributed by atoms with Crippen LogP contribution in [-0.2, 0) is 11.2 Å². The fraction of sp³-hybridized carbons (Fsp3) is 0.238. The minimum atomic E-state index is -0.470. The van der Waals surface area contributed by atoms with Gasteiger partial charge in [0.1, 0.15) is 5.82 Å². The summed E-state index contributed by atoms with van der Waals surface area (Å²) in [7, 11) is 0. The van der Waals surface area contributed by atoms with Crippen LogP contribution in [0.2, 0.25) is 0 Å². The number of carbonyl (C=O) groups excluding carboxylic acids is 1. The van der Waals surface area contributed by atoms with E-state index in [1.807, 2.05) is 22.9 Å². The summed E-state index contributed by atoms with van der Waals surface area (Å²) in [6.07, 6.45) is 6.55. The Kier molecular flexibility index (Phi) is 6.43. The van der Waals surface area contributed by atoms with E-state index in [-0.39, 0.29) is 18.1 Å². The van der Waals surface area contributed by atoms with Gasteiger partial charge in [-0.25, -0.2) is 18.7 Å². The van der Waals surface area contributed by atoms with Crippen molar-refractivity contribution in [3.63, 3.8) is 0 Å². The maximum atomic E-state index is 13.7. The second-order valence-electron chi connectivity index (χ2n) is 6.60. The van der Waals surface area contributed by atoms with Crippen molar-refractivity contribution < 1.29 is 18.7 Å². The molecule has 1 N–H and O–H groups in total. The van der Waals surface area contributed by atoms with E-state index in [1.54, 1.807) is 31.3 Å². The molecule has 0 unspecified atom stereocenters. The fourth-order valence-electron chi connectivity index (χ4n) is 3.09. The summed E-state index contributed by atoms with van der Waals surface area (Å²) in [6.45, 7) is 2.32. The van der Waals surface area contributed by atoms with E-state index in [1.165, 1.54) is 21.9 Å². The molecule has 0 saturated carbocycles. The molecule has 0 bridgehead atoms. The van der Waals surface area contributed by atoms with Crippen molar-refractivity contribution >= 4 is 41.0 Å². The number of benzene rings is 1. The zero-order valence-corrected chi connectivity index (χ0v) is 18.3. The standard InChI is InChI=1S/C21H20ClFN4O3S/c1-2-29-20(28)18-17(8-5-13-30-16-7-4-3-6-15(16)23)31-21(24-18)26-11-9-14-10-12-27(22)25-19(14)26/h3-4,6-7,9-12,25H,2,5,8,13H2,1H3. The van der Waals surface area contributed by atoms with E-state index in [4.69, 9.17) is 21.3 Å². The summed E-state index contributed by atoms with van der Waals surface area (Å²) in [5, 5.41) is 0.613. The third-order valence-electron chi connectivity index (χ3n) is 4.52. The number of fused-ring (bicyclic) bond motifs is 1. The van der Waals surface area contributed by atoms with Crippen LogP contribution >= 0.6 is 23.1 Å². The molecule has 10 heteroatoms. The van der Waals surface area contributed by atoms with E-state index in [0.717, 1.165) is 16.3 Å². The molecule has 0 atom stereocenters. The average molecular weight is 463 g/mol. The lowest BCUT2D eigenvalue weighted by Crippen LogP contribution is -2.18. The van der Waals surface area contributed by atoms with Gasteiger partial charge in [0.15, 0.2) is 22.4 Å². The van der Waals surface area contributed by atoms with Gasteiger partial charge in [0.25, 0.3) is 0 Å². The van der Waals surface area contributed by atoms with Gasteiger partial charge in [-0.3, -0.25) is 9.99 Å². The first-order valence-corrected chi connectivity index (χ1v) is 10.9. The first-order chi connectivity index (χ1) is 15.1. The molecule has 1 aromatic carbocycles. The topological polar surface area (TPSA) is 68.6 Å². The summed E-state index contributed by atoms with van der Waals surface area (Å²) in [5.41, 5.74) is 4.27. The summed E-state index contributed by atoms with van der Waals surface area (Å²) in [5.74, 6) is 0.0860. The van der Waals surface area contributed by atoms with Crippen LogP contribution in [-0.4, -0.2) is 33.3 Å². The number of aryl methyl sites for hydroxylation is 1. The molecule has 2 aromatic heterocycles. The molecule has 4 rings (SSSR count). The molecule has 162 valence electrons. The van der Waals surface area contributed by atoms with Crippen molar-refractivity contribution in [2.75, 3.05) is 18.6 Å². The SMILES string of the molecule is CCOC(=O)c1nc(-n2ccc3c2NN(Cl)C=C3)sc1CCCOc1ccccc1F. The average Bonchev–Trinajstić information content (AvgIpc) is 3.36. The van der Waals surface area contributed by atoms with Crippen molar-refractivity contribution in [3.8, 4) is 10.9 Å². The number of nitrogens with zero attached hydrogens (tertiary/aromatic N) is 3. The van der Waals surface area contributed by atoms with E-state index in [9.17, 15) is 9.18 Å². The Labute approximate surface area is 187 Å². The molecule has 0 saturated heterocycles. The van der Waals surface area contributed by atoms with Gasteiger partial charge in [-0.1, -0.05) is 12.1 Å². The number of carbonyl (C=O) groups is 1. The number of esters is 1. The summed E-state index contributed by atoms with van der Waals surface area (Å²) in [6, 6.07) is 8.19. The van der Waals surface area contributed by atoms with Gasteiger partial charge < -0.3 is 9.47 Å². The number of ether oxygens (including phenoxy) is 2. The Morgan fingerprint density at radius 3 is 2.97 bits per heavy atom. The highest BCUT2D eigenvalue weighted by atomic mass is 35.5. The number of thiazole rings is 1. The third kappa shape index (κ3) is 4.67. The van der Waals surface area contributed by atoms with Gasteiger partial charge in [-0.05, 0) is 44.0 Å². The van der Waals surface area contributed by atoms with E-state index >= 15 is 0 Å². The maximum absolute atomic E-state index is 13.7. The minimum absolute atomic E-state index is 0.210. The second-order valence-corrected chi connectivity index (χ2v) is 8.03. The molecule has 3 heterocycles. The maximum Gasteiger partial charge on any atom is 0.358 e. The fourth-order valence-corrected chi connectivity index (χ4v) is 4.31. The van der Waals surface area contributed by atoms with Crippen molar-refractivity contribution in [2.45, 2.75) is 19.8 Å². The van der Waals surface area contributed by atoms with E-state index < -0.39 is 11.8 Å². The number of hydrazine groups is 1. The highest BCUT2D eigenvalue weighted by Crippen LogP contribution is 2.32. The summed E-state index contributed by atoms with van der Waals surface area (Å²) in [4.78, 5) is 17.8. The van der Waals surface area contributed by atoms with Crippen LogP contribution in [0.5, 0.6) is 5.75 Å². The molecule has 1 aliphatic heterocycles. The highest BCUT2D eigenvalue weighted by molar-refractivity contribution is 7.14. The van der Waals surface area contributed by atoms with Gasteiger partial charge in [0.2, 0.25) is 0 Å². The van der Waals surface area contributed by atoms with Crippen molar-refractivity contribution in [2.24, 2.45) is 0 Å². The largest absolute Gasteiger partial charge is 0.491 e. The van der Waals surface area contributed by atoms with Crippen LogP contribution in [0.4, 0.5) is 10.2 Å². The zero-order valence-electron chi connectivity index (χ0n) is 16.7. The minimum Gasteiger partial charge on any atom is -0.491 e. The number of hydrogen-bond acceptors (Lipinski definition) is 7. The molecule has 0 fully saturated rings. The number of para-hydroxylation sites is 1. The Morgan fingerprint density at radius 1 is 1.32 bits per heavy atom. The number of hydrogen-bond donors (Lipinski definition) is 1. The van der Waals surface area contributed by atoms with Crippen LogP contribution in [0.15, 0.2) is 42.7 Å².